The Morgan fingerprint density at radius 3 is 2.35 bits per heavy atom. The van der Waals surface area contributed by atoms with E-state index in [0.717, 1.165) is 22.0 Å². The van der Waals surface area contributed by atoms with Gasteiger partial charge in [-0.25, -0.2) is 0 Å². The number of nitrogens with one attached hydrogen (secondary N) is 2. The normalized spacial score (nSPS) is 11.5. The van der Waals surface area contributed by atoms with Gasteiger partial charge in [-0.3, -0.25) is 9.59 Å². The van der Waals surface area contributed by atoms with Crippen molar-refractivity contribution in [2.24, 2.45) is 11.1 Å². The van der Waals surface area contributed by atoms with Crippen LogP contribution in [0.15, 0.2) is 48.7 Å². The van der Waals surface area contributed by atoms with Crippen molar-refractivity contribution in [1.82, 2.24) is 10.3 Å². The lowest BCUT2D eigenvalue weighted by atomic mass is 9.96. The molecule has 5 nitrogen and oxygen atoms in total. The minimum absolute atomic E-state index is 0.0345. The SMILES string of the molecule is CC(C)(C)CNC(=O)c1ccc(-c2cc(C(N)=O)c3[nH]ccc3c2)cc1. The first kappa shape index (κ1) is 17.7. The van der Waals surface area contributed by atoms with E-state index in [-0.39, 0.29) is 11.3 Å². The van der Waals surface area contributed by atoms with Crippen molar-refractivity contribution >= 4 is 22.7 Å². The lowest BCUT2D eigenvalue weighted by Crippen LogP contribution is -2.32. The van der Waals surface area contributed by atoms with Gasteiger partial charge in [0, 0.05) is 23.7 Å². The number of fused-ring (bicyclic) bond motifs is 1. The number of benzene rings is 2. The van der Waals surface area contributed by atoms with Crippen molar-refractivity contribution in [3.8, 4) is 11.1 Å². The number of amides is 2. The molecule has 3 aromatic rings. The van der Waals surface area contributed by atoms with Crippen molar-refractivity contribution in [2.75, 3.05) is 6.54 Å². The average molecular weight is 349 g/mol. The Morgan fingerprint density at radius 1 is 1.04 bits per heavy atom. The van der Waals surface area contributed by atoms with Crippen LogP contribution in [0.2, 0.25) is 0 Å². The Kier molecular flexibility index (Phi) is 4.55. The monoisotopic (exact) mass is 349 g/mol. The fourth-order valence-corrected chi connectivity index (χ4v) is 2.79. The van der Waals surface area contributed by atoms with Crippen LogP contribution in [0.1, 0.15) is 41.5 Å². The van der Waals surface area contributed by atoms with Crippen molar-refractivity contribution in [3.05, 3.63) is 59.8 Å². The van der Waals surface area contributed by atoms with Crippen molar-refractivity contribution in [2.45, 2.75) is 20.8 Å². The smallest absolute Gasteiger partial charge is 0.251 e. The van der Waals surface area contributed by atoms with Gasteiger partial charge >= 0.3 is 0 Å². The van der Waals surface area contributed by atoms with E-state index < -0.39 is 5.91 Å². The number of nitrogens with two attached hydrogens (primary N) is 1. The number of rotatable bonds is 4. The predicted octanol–water partition coefficient (Wildman–Crippen LogP) is 3.71. The topological polar surface area (TPSA) is 88.0 Å². The molecule has 2 aromatic carbocycles. The number of aromatic amines is 1. The highest BCUT2D eigenvalue weighted by molar-refractivity contribution is 6.06. The Balaban J connectivity index is 1.88. The highest BCUT2D eigenvalue weighted by Gasteiger charge is 2.14. The third-order valence-corrected chi connectivity index (χ3v) is 4.18. The summed E-state index contributed by atoms with van der Waals surface area (Å²) in [6.45, 7) is 6.83. The number of carbonyl (C=O) groups is 2. The molecule has 26 heavy (non-hydrogen) atoms. The van der Waals surface area contributed by atoms with Crippen molar-refractivity contribution < 1.29 is 9.59 Å². The van der Waals surface area contributed by atoms with Gasteiger partial charge in [-0.15, -0.1) is 0 Å². The minimum atomic E-state index is -0.475. The summed E-state index contributed by atoms with van der Waals surface area (Å²) in [7, 11) is 0. The maximum atomic E-state index is 12.2. The number of hydrogen-bond acceptors (Lipinski definition) is 2. The molecule has 0 saturated carbocycles. The van der Waals surface area contributed by atoms with Gasteiger partial charge in [0.2, 0.25) is 0 Å². The molecule has 1 heterocycles. The van der Waals surface area contributed by atoms with Gasteiger partial charge in [-0.1, -0.05) is 32.9 Å². The Hall–Kier alpha value is -3.08. The van der Waals surface area contributed by atoms with Crippen LogP contribution in [-0.2, 0) is 0 Å². The molecule has 0 aliphatic heterocycles. The highest BCUT2D eigenvalue weighted by Crippen LogP contribution is 2.27. The van der Waals surface area contributed by atoms with Gasteiger partial charge in [0.15, 0.2) is 0 Å². The van der Waals surface area contributed by atoms with Crippen LogP contribution in [0.4, 0.5) is 0 Å². The summed E-state index contributed by atoms with van der Waals surface area (Å²) in [5.41, 5.74) is 9.14. The van der Waals surface area contributed by atoms with Crippen LogP contribution in [0.25, 0.3) is 22.0 Å². The molecule has 0 aliphatic rings. The first-order valence-corrected chi connectivity index (χ1v) is 8.54. The molecule has 0 bridgehead atoms. The predicted molar refractivity (Wildman–Crippen MR) is 104 cm³/mol. The second-order valence-electron chi connectivity index (χ2n) is 7.65. The molecular formula is C21H23N3O2. The van der Waals surface area contributed by atoms with Crippen LogP contribution in [0.3, 0.4) is 0 Å². The zero-order valence-electron chi connectivity index (χ0n) is 15.2. The summed E-state index contributed by atoms with van der Waals surface area (Å²) in [4.78, 5) is 27.0. The van der Waals surface area contributed by atoms with E-state index in [2.05, 4.69) is 31.1 Å². The first-order valence-electron chi connectivity index (χ1n) is 8.54. The number of H-pyrrole nitrogens is 1. The fraction of sp³-hybridized carbons (Fsp3) is 0.238. The Labute approximate surface area is 152 Å². The molecule has 0 unspecified atom stereocenters. The first-order chi connectivity index (χ1) is 12.2. The Morgan fingerprint density at radius 2 is 1.73 bits per heavy atom. The molecule has 0 atom stereocenters. The molecule has 134 valence electrons. The van der Waals surface area contributed by atoms with E-state index in [9.17, 15) is 9.59 Å². The zero-order chi connectivity index (χ0) is 18.9. The van der Waals surface area contributed by atoms with E-state index in [1.807, 2.05) is 24.3 Å². The maximum Gasteiger partial charge on any atom is 0.251 e. The molecule has 0 aliphatic carbocycles. The minimum Gasteiger partial charge on any atom is -0.366 e. The van der Waals surface area contributed by atoms with Crippen LogP contribution in [0.5, 0.6) is 0 Å². The summed E-state index contributed by atoms with van der Waals surface area (Å²) in [5, 5.41) is 3.86. The van der Waals surface area contributed by atoms with Crippen molar-refractivity contribution in [1.29, 1.82) is 0 Å². The molecule has 0 spiro atoms. The van der Waals surface area contributed by atoms with Gasteiger partial charge in [-0.2, -0.15) is 0 Å². The summed E-state index contributed by atoms with van der Waals surface area (Å²) in [6, 6.07) is 13.0. The van der Waals surface area contributed by atoms with E-state index in [0.29, 0.717) is 17.7 Å². The molecule has 4 N–H and O–H groups in total. The van der Waals surface area contributed by atoms with Gasteiger partial charge in [-0.05, 0) is 46.9 Å². The number of primary amides is 1. The van der Waals surface area contributed by atoms with Gasteiger partial charge in [0.05, 0.1) is 11.1 Å². The second-order valence-corrected chi connectivity index (χ2v) is 7.65. The summed E-state index contributed by atoms with van der Waals surface area (Å²) in [5.74, 6) is -0.567. The zero-order valence-corrected chi connectivity index (χ0v) is 15.2. The fourth-order valence-electron chi connectivity index (χ4n) is 2.79. The van der Waals surface area contributed by atoms with Crippen molar-refractivity contribution in [3.63, 3.8) is 0 Å². The number of aromatic nitrogens is 1. The van der Waals surface area contributed by atoms with Crippen LogP contribution < -0.4 is 11.1 Å². The molecule has 0 saturated heterocycles. The third-order valence-electron chi connectivity index (χ3n) is 4.18. The van der Waals surface area contributed by atoms with Crippen LogP contribution >= 0.6 is 0 Å². The molecule has 3 rings (SSSR count). The van der Waals surface area contributed by atoms with E-state index >= 15 is 0 Å². The van der Waals surface area contributed by atoms with Gasteiger partial charge in [0.1, 0.15) is 0 Å². The maximum absolute atomic E-state index is 12.2. The lowest BCUT2D eigenvalue weighted by molar-refractivity contribution is 0.0938. The van der Waals surface area contributed by atoms with Crippen LogP contribution in [-0.4, -0.2) is 23.3 Å². The Bertz CT molecular complexity index is 963. The molecule has 5 heteroatoms. The number of carbonyl (C=O) groups excluding carboxylic acids is 2. The van der Waals surface area contributed by atoms with E-state index in [1.54, 1.807) is 24.4 Å². The van der Waals surface area contributed by atoms with E-state index in [1.165, 1.54) is 0 Å². The molecule has 0 radical (unpaired) electrons. The van der Waals surface area contributed by atoms with E-state index in [4.69, 9.17) is 5.73 Å². The van der Waals surface area contributed by atoms with Gasteiger partial charge in [0.25, 0.3) is 11.8 Å². The largest absolute Gasteiger partial charge is 0.366 e. The lowest BCUT2D eigenvalue weighted by Gasteiger charge is -2.18. The highest BCUT2D eigenvalue weighted by atomic mass is 16.2. The standard InChI is InChI=1S/C21H23N3O2/c1-21(2,3)12-24-20(26)14-6-4-13(5-7-14)16-10-15-8-9-23-18(15)17(11-16)19(22)25/h4-11,23H,12H2,1-3H3,(H2,22,25)(H,24,26). The summed E-state index contributed by atoms with van der Waals surface area (Å²) < 4.78 is 0. The summed E-state index contributed by atoms with van der Waals surface area (Å²) in [6.07, 6.45) is 1.78. The molecule has 1 aromatic heterocycles. The van der Waals surface area contributed by atoms with Crippen LogP contribution in [0, 0.1) is 5.41 Å². The molecule has 0 fully saturated rings. The quantitative estimate of drug-likeness (QED) is 0.670. The molecule has 2 amide bonds. The number of hydrogen-bond donors (Lipinski definition) is 3. The third kappa shape index (κ3) is 3.77. The second kappa shape index (κ2) is 6.67. The van der Waals surface area contributed by atoms with Gasteiger partial charge < -0.3 is 16.0 Å². The summed E-state index contributed by atoms with van der Waals surface area (Å²) >= 11 is 0. The average Bonchev–Trinajstić information content (AvgIpc) is 3.06. The molecular weight excluding hydrogens is 326 g/mol.